The average Bonchev–Trinajstić information content (AvgIpc) is 3.55. The lowest BCUT2D eigenvalue weighted by Gasteiger charge is -2.55. The van der Waals surface area contributed by atoms with Gasteiger partial charge in [0, 0.05) is 69.7 Å². The minimum absolute atomic E-state index is 0.0470. The summed E-state index contributed by atoms with van der Waals surface area (Å²) in [6.45, 7) is 16.5. The average molecular weight is 593 g/mol. The van der Waals surface area contributed by atoms with Crippen LogP contribution in [0.5, 0.6) is 0 Å². The Morgan fingerprint density at radius 2 is 2.02 bits per heavy atom. The molecule has 1 N–H and O–H groups in total. The lowest BCUT2D eigenvalue weighted by Crippen LogP contribution is -2.67. The van der Waals surface area contributed by atoms with E-state index in [1.165, 1.54) is 0 Å². The first-order valence-corrected chi connectivity index (χ1v) is 18.6. The third-order valence-corrected chi connectivity index (χ3v) is 10.6. The molecule has 5 heterocycles. The number of hydrogen-bond acceptors (Lipinski definition) is 7. The molecule has 0 aliphatic carbocycles. The summed E-state index contributed by atoms with van der Waals surface area (Å²) in [4.78, 5) is 25.0. The quantitative estimate of drug-likeness (QED) is 0.269. The van der Waals surface area contributed by atoms with Crippen molar-refractivity contribution in [2.24, 2.45) is 5.41 Å². The minimum atomic E-state index is -1.15. The third kappa shape index (κ3) is 6.09. The predicted molar refractivity (Wildman–Crippen MR) is 164 cm³/mol. The maximum absolute atomic E-state index is 11.9. The highest BCUT2D eigenvalue weighted by Crippen LogP contribution is 2.40. The third-order valence-electron chi connectivity index (χ3n) is 8.86. The number of hydrogen-bond donors (Lipinski definition) is 1. The van der Waals surface area contributed by atoms with Gasteiger partial charge in [-0.25, -0.2) is 14.8 Å². The van der Waals surface area contributed by atoms with Crippen LogP contribution in [-0.4, -0.2) is 91.7 Å². The van der Waals surface area contributed by atoms with Gasteiger partial charge < -0.3 is 19.3 Å². The maximum atomic E-state index is 11.9. The number of likely N-dealkylation sites (tertiary alicyclic amines) is 2. The first-order chi connectivity index (χ1) is 19.8. The van der Waals surface area contributed by atoms with Crippen LogP contribution in [0.2, 0.25) is 25.7 Å². The van der Waals surface area contributed by atoms with E-state index in [9.17, 15) is 15.2 Å². The molecule has 11 nitrogen and oxygen atoms in total. The minimum Gasteiger partial charge on any atom is -0.465 e. The first-order valence-electron chi connectivity index (χ1n) is 14.8. The zero-order valence-electron chi connectivity index (χ0n) is 25.7. The summed E-state index contributed by atoms with van der Waals surface area (Å²) in [5, 5.41) is 25.2. The number of piperidine rings is 1. The highest BCUT2D eigenvalue weighted by Gasteiger charge is 2.50. The van der Waals surface area contributed by atoms with Gasteiger partial charge in [-0.2, -0.15) is 10.4 Å². The number of aromatic nitrogens is 5. The summed E-state index contributed by atoms with van der Waals surface area (Å²) >= 11 is 0. The number of carbonyl (C=O) groups is 1. The smallest absolute Gasteiger partial charge is 0.407 e. The summed E-state index contributed by atoms with van der Waals surface area (Å²) in [5.41, 5.74) is 1.95. The number of fused-ring (bicyclic) bond motifs is 1. The Bertz CT molecular complexity index is 1460. The van der Waals surface area contributed by atoms with Crippen LogP contribution >= 0.6 is 0 Å². The Morgan fingerprint density at radius 3 is 2.69 bits per heavy atom. The number of rotatable bonds is 9. The van der Waals surface area contributed by atoms with Crippen molar-refractivity contribution in [3.63, 3.8) is 0 Å². The summed E-state index contributed by atoms with van der Waals surface area (Å²) in [6, 6.07) is 5.76. The Morgan fingerprint density at radius 1 is 1.26 bits per heavy atom. The van der Waals surface area contributed by atoms with Crippen molar-refractivity contribution in [2.75, 3.05) is 26.2 Å². The number of carboxylic acid groups (broad SMARTS) is 1. The van der Waals surface area contributed by atoms with Crippen LogP contribution in [0.15, 0.2) is 31.0 Å². The molecule has 0 aromatic carbocycles. The van der Waals surface area contributed by atoms with E-state index in [0.29, 0.717) is 32.8 Å². The zero-order valence-corrected chi connectivity index (χ0v) is 26.7. The van der Waals surface area contributed by atoms with Crippen molar-refractivity contribution in [1.29, 1.82) is 5.26 Å². The summed E-state index contributed by atoms with van der Waals surface area (Å²) in [5.74, 6) is 0. The second kappa shape index (κ2) is 11.4. The summed E-state index contributed by atoms with van der Waals surface area (Å²) in [7, 11) is -1.15. The van der Waals surface area contributed by atoms with E-state index in [2.05, 4.69) is 61.3 Å². The van der Waals surface area contributed by atoms with E-state index >= 15 is 0 Å². The van der Waals surface area contributed by atoms with Gasteiger partial charge in [0.05, 0.1) is 24.4 Å². The van der Waals surface area contributed by atoms with Crippen LogP contribution in [0.4, 0.5) is 4.79 Å². The molecule has 1 amide bonds. The van der Waals surface area contributed by atoms with Crippen molar-refractivity contribution in [3.05, 3.63) is 31.0 Å². The molecule has 226 valence electrons. The zero-order chi connectivity index (χ0) is 30.3. The van der Waals surface area contributed by atoms with Gasteiger partial charge in [0.2, 0.25) is 0 Å². The fourth-order valence-corrected chi connectivity index (χ4v) is 7.12. The molecule has 3 aromatic rings. The van der Waals surface area contributed by atoms with Crippen LogP contribution in [0.1, 0.15) is 40.0 Å². The van der Waals surface area contributed by atoms with Gasteiger partial charge in [-0.3, -0.25) is 9.58 Å². The van der Waals surface area contributed by atoms with E-state index in [4.69, 9.17) is 9.84 Å². The van der Waals surface area contributed by atoms with Gasteiger partial charge in [0.15, 0.2) is 0 Å². The predicted octanol–water partition coefficient (Wildman–Crippen LogP) is 5.09. The topological polar surface area (TPSA) is 125 Å². The number of amides is 1. The lowest BCUT2D eigenvalue weighted by atomic mass is 9.76. The highest BCUT2D eigenvalue weighted by atomic mass is 28.3. The molecule has 2 fully saturated rings. The molecule has 5 rings (SSSR count). The lowest BCUT2D eigenvalue weighted by molar-refractivity contribution is -0.0606. The van der Waals surface area contributed by atoms with Gasteiger partial charge in [0.25, 0.3) is 0 Å². The first kappa shape index (κ1) is 30.2. The largest absolute Gasteiger partial charge is 0.465 e. The molecule has 0 radical (unpaired) electrons. The molecule has 2 atom stereocenters. The fourth-order valence-electron chi connectivity index (χ4n) is 6.36. The second-order valence-corrected chi connectivity index (χ2v) is 19.9. The summed E-state index contributed by atoms with van der Waals surface area (Å²) in [6.07, 6.45) is 8.50. The number of nitriles is 1. The van der Waals surface area contributed by atoms with E-state index in [0.717, 1.165) is 47.8 Å². The van der Waals surface area contributed by atoms with Gasteiger partial charge in [0.1, 0.15) is 24.2 Å². The van der Waals surface area contributed by atoms with Crippen LogP contribution < -0.4 is 0 Å². The van der Waals surface area contributed by atoms with Gasteiger partial charge in [-0.05, 0) is 30.4 Å². The van der Waals surface area contributed by atoms with Crippen molar-refractivity contribution >= 4 is 25.2 Å². The normalized spacial score (nSPS) is 21.3. The molecular weight excluding hydrogens is 548 g/mol. The fraction of sp³-hybridized carbons (Fsp3) is 0.633. The molecule has 42 heavy (non-hydrogen) atoms. The van der Waals surface area contributed by atoms with Gasteiger partial charge >= 0.3 is 6.09 Å². The molecule has 0 spiro atoms. The Hall–Kier alpha value is -3.27. The van der Waals surface area contributed by atoms with Gasteiger partial charge in [-0.15, -0.1) is 0 Å². The highest BCUT2D eigenvalue weighted by molar-refractivity contribution is 6.76. The molecular formula is C30H44N8O3Si. The SMILES string of the molecule is CC(C)(C)C1CC(N2CC(CC#N)(n3cc(-c4ncnc5c4ccn5COCC[Si](C)(C)C)cn3)C2)CCN1C(=O)O. The van der Waals surface area contributed by atoms with E-state index < -0.39 is 19.7 Å². The molecule has 3 aromatic heterocycles. The van der Waals surface area contributed by atoms with E-state index in [1.807, 2.05) is 33.9 Å². The molecule has 0 saturated carbocycles. The van der Waals surface area contributed by atoms with Gasteiger partial charge in [-0.1, -0.05) is 40.4 Å². The molecule has 2 aliphatic heterocycles. The standard InChI is InChI=1S/C30H44N8O3Si/c1-29(2,3)25-15-23(7-12-37(25)28(39)40)36-18-30(19-36,9-10-31)38-17-22(16-34-38)26-24-8-11-35(27(24)33-20-32-26)21-41-13-14-42(4,5)6/h8,11,16-17,20,23,25H,7,9,12-15,18-19,21H2,1-6H3,(H,39,40). The number of nitrogens with zero attached hydrogens (tertiary/aromatic N) is 8. The molecule has 2 aliphatic rings. The van der Waals surface area contributed by atoms with Crippen molar-refractivity contribution in [1.82, 2.24) is 34.1 Å². The molecule has 2 unspecified atom stereocenters. The van der Waals surface area contributed by atoms with Crippen LogP contribution in [-0.2, 0) is 17.0 Å². The number of ether oxygens (including phenoxy) is 1. The maximum Gasteiger partial charge on any atom is 0.407 e. The van der Waals surface area contributed by atoms with Crippen LogP contribution in [0.3, 0.4) is 0 Å². The molecule has 0 bridgehead atoms. The Balaban J connectivity index is 1.30. The monoisotopic (exact) mass is 592 g/mol. The molecule has 2 saturated heterocycles. The van der Waals surface area contributed by atoms with Crippen molar-refractivity contribution in [2.45, 2.75) is 90.1 Å². The summed E-state index contributed by atoms with van der Waals surface area (Å²) < 4.78 is 9.92. The van der Waals surface area contributed by atoms with Crippen LogP contribution in [0.25, 0.3) is 22.3 Å². The van der Waals surface area contributed by atoms with Crippen LogP contribution in [0, 0.1) is 16.7 Å². The second-order valence-electron chi connectivity index (χ2n) is 14.3. The van der Waals surface area contributed by atoms with Crippen molar-refractivity contribution in [3.8, 4) is 17.3 Å². The Labute approximate surface area is 249 Å². The van der Waals surface area contributed by atoms with E-state index in [-0.39, 0.29) is 17.5 Å². The van der Waals surface area contributed by atoms with E-state index in [1.54, 1.807) is 11.2 Å². The molecule has 12 heteroatoms. The Kier molecular flexibility index (Phi) is 8.22. The van der Waals surface area contributed by atoms with Crippen molar-refractivity contribution < 1.29 is 14.6 Å².